The Hall–Kier alpha value is -1.06. The Morgan fingerprint density at radius 1 is 1.10 bits per heavy atom. The van der Waals surface area contributed by atoms with Crippen LogP contribution in [0.5, 0.6) is 0 Å². The Bertz CT molecular complexity index is 355. The number of para-hydroxylation sites is 1. The summed E-state index contributed by atoms with van der Waals surface area (Å²) < 4.78 is 5.54. The van der Waals surface area contributed by atoms with Gasteiger partial charge in [0.25, 0.3) is 0 Å². The van der Waals surface area contributed by atoms with Gasteiger partial charge in [-0.15, -0.1) is 0 Å². The summed E-state index contributed by atoms with van der Waals surface area (Å²) in [4.78, 5) is 2.42. The Balaban J connectivity index is 2.18. The predicted octanol–water partition coefficient (Wildman–Crippen LogP) is 3.23. The first-order valence-corrected chi connectivity index (χ1v) is 7.88. The highest BCUT2D eigenvalue weighted by Gasteiger charge is 2.05. The second-order valence-electron chi connectivity index (χ2n) is 5.08. The Labute approximate surface area is 124 Å². The molecule has 0 bridgehead atoms. The molecule has 0 amide bonds. The molecule has 1 aromatic carbocycles. The van der Waals surface area contributed by atoms with Gasteiger partial charge in [-0.25, -0.2) is 0 Å². The van der Waals surface area contributed by atoms with Gasteiger partial charge in [0, 0.05) is 38.5 Å². The highest BCUT2D eigenvalue weighted by atomic mass is 16.5. The van der Waals surface area contributed by atoms with Crippen LogP contribution in [0.3, 0.4) is 0 Å². The molecule has 3 nitrogen and oxygen atoms in total. The van der Waals surface area contributed by atoms with Crippen molar-refractivity contribution in [1.82, 2.24) is 5.32 Å². The Morgan fingerprint density at radius 3 is 2.60 bits per heavy atom. The van der Waals surface area contributed by atoms with E-state index in [1.807, 2.05) is 0 Å². The number of nitrogens with one attached hydrogen (secondary N) is 1. The van der Waals surface area contributed by atoms with E-state index in [4.69, 9.17) is 4.74 Å². The molecule has 1 rings (SSSR count). The molecule has 0 spiro atoms. The van der Waals surface area contributed by atoms with Gasteiger partial charge in [0.2, 0.25) is 0 Å². The van der Waals surface area contributed by atoms with Crippen LogP contribution in [0, 0.1) is 6.92 Å². The van der Waals surface area contributed by atoms with Crippen LogP contribution in [0.4, 0.5) is 5.69 Å². The maximum absolute atomic E-state index is 5.54. The molecule has 3 heteroatoms. The molecule has 0 heterocycles. The summed E-state index contributed by atoms with van der Waals surface area (Å²) in [7, 11) is 0. The molecule has 1 aromatic rings. The first kappa shape index (κ1) is 17.0. The lowest BCUT2D eigenvalue weighted by atomic mass is 10.2. The molecule has 0 fully saturated rings. The van der Waals surface area contributed by atoms with Gasteiger partial charge in [0.05, 0.1) is 6.61 Å². The van der Waals surface area contributed by atoms with Crippen LogP contribution in [-0.2, 0) is 4.74 Å². The molecule has 0 aliphatic heterocycles. The van der Waals surface area contributed by atoms with E-state index in [9.17, 15) is 0 Å². The van der Waals surface area contributed by atoms with Gasteiger partial charge in [-0.05, 0) is 31.9 Å². The van der Waals surface area contributed by atoms with E-state index in [0.717, 1.165) is 45.8 Å². The van der Waals surface area contributed by atoms with Gasteiger partial charge in [-0.3, -0.25) is 0 Å². The van der Waals surface area contributed by atoms with E-state index >= 15 is 0 Å². The van der Waals surface area contributed by atoms with Crippen molar-refractivity contribution in [1.29, 1.82) is 0 Å². The first-order chi connectivity index (χ1) is 9.79. The minimum atomic E-state index is 0.816. The summed E-state index contributed by atoms with van der Waals surface area (Å²) in [6.07, 6.45) is 2.37. The normalized spacial score (nSPS) is 10.8. The minimum Gasteiger partial charge on any atom is -0.380 e. The van der Waals surface area contributed by atoms with E-state index in [1.165, 1.54) is 17.7 Å². The molecule has 20 heavy (non-hydrogen) atoms. The van der Waals surface area contributed by atoms with Crippen molar-refractivity contribution < 1.29 is 4.74 Å². The lowest BCUT2D eigenvalue weighted by Gasteiger charge is -2.25. The van der Waals surface area contributed by atoms with Gasteiger partial charge in [-0.1, -0.05) is 31.5 Å². The van der Waals surface area contributed by atoms with Crippen LogP contribution in [-0.4, -0.2) is 39.4 Å². The van der Waals surface area contributed by atoms with Gasteiger partial charge in [0.15, 0.2) is 0 Å². The van der Waals surface area contributed by atoms with Crippen molar-refractivity contribution >= 4 is 5.69 Å². The zero-order valence-electron chi connectivity index (χ0n) is 13.3. The van der Waals surface area contributed by atoms with Crippen LogP contribution in [0.25, 0.3) is 0 Å². The first-order valence-electron chi connectivity index (χ1n) is 7.88. The van der Waals surface area contributed by atoms with Gasteiger partial charge in [-0.2, -0.15) is 0 Å². The van der Waals surface area contributed by atoms with Crippen molar-refractivity contribution in [2.24, 2.45) is 0 Å². The van der Waals surface area contributed by atoms with E-state index < -0.39 is 0 Å². The molecule has 0 unspecified atom stereocenters. The SMILES string of the molecule is CCCCOCCNCCN(CC)c1ccccc1C. The number of rotatable bonds is 11. The zero-order valence-corrected chi connectivity index (χ0v) is 13.3. The summed E-state index contributed by atoms with van der Waals surface area (Å²) in [5.74, 6) is 0. The largest absolute Gasteiger partial charge is 0.380 e. The molecule has 0 radical (unpaired) electrons. The second-order valence-corrected chi connectivity index (χ2v) is 5.08. The van der Waals surface area contributed by atoms with E-state index in [2.05, 4.69) is 55.3 Å². The highest BCUT2D eigenvalue weighted by molar-refractivity contribution is 5.52. The molecule has 1 N–H and O–H groups in total. The van der Waals surface area contributed by atoms with E-state index in [1.54, 1.807) is 0 Å². The molecule has 0 aliphatic carbocycles. The molecule has 0 saturated heterocycles. The summed E-state index contributed by atoms with van der Waals surface area (Å²) in [5, 5.41) is 3.45. The fourth-order valence-electron chi connectivity index (χ4n) is 2.20. The molecule has 0 saturated carbocycles. The standard InChI is InChI=1S/C17H30N2O/c1-4-6-14-20-15-12-18-11-13-19(5-2)17-10-8-7-9-16(17)3/h7-10,18H,4-6,11-15H2,1-3H3. The number of nitrogens with zero attached hydrogens (tertiary/aromatic N) is 1. The van der Waals surface area contributed by atoms with E-state index in [-0.39, 0.29) is 0 Å². The summed E-state index contributed by atoms with van der Waals surface area (Å²) in [6, 6.07) is 8.58. The van der Waals surface area contributed by atoms with Crippen LogP contribution in [0.2, 0.25) is 0 Å². The summed E-state index contributed by atoms with van der Waals surface area (Å²) in [5.41, 5.74) is 2.69. The van der Waals surface area contributed by atoms with Crippen molar-refractivity contribution in [3.8, 4) is 0 Å². The molecular weight excluding hydrogens is 248 g/mol. The average molecular weight is 278 g/mol. The number of hydrogen-bond acceptors (Lipinski definition) is 3. The van der Waals surface area contributed by atoms with Crippen molar-refractivity contribution in [3.05, 3.63) is 29.8 Å². The highest BCUT2D eigenvalue weighted by Crippen LogP contribution is 2.18. The fourth-order valence-corrected chi connectivity index (χ4v) is 2.20. The zero-order chi connectivity index (χ0) is 14.6. The molecular formula is C17H30N2O. The molecule has 0 aliphatic rings. The molecule has 0 atom stereocenters. The Kier molecular flexibility index (Phi) is 9.09. The van der Waals surface area contributed by atoms with Crippen molar-refractivity contribution in [2.45, 2.75) is 33.6 Å². The number of aryl methyl sites for hydroxylation is 1. The quantitative estimate of drug-likeness (QED) is 0.629. The maximum atomic E-state index is 5.54. The third kappa shape index (κ3) is 6.40. The average Bonchev–Trinajstić information content (AvgIpc) is 2.47. The van der Waals surface area contributed by atoms with Crippen LogP contribution < -0.4 is 10.2 Å². The molecule has 0 aromatic heterocycles. The summed E-state index contributed by atoms with van der Waals surface area (Å²) >= 11 is 0. The van der Waals surface area contributed by atoms with E-state index in [0.29, 0.717) is 0 Å². The van der Waals surface area contributed by atoms with Crippen LogP contribution in [0.1, 0.15) is 32.3 Å². The number of unbranched alkanes of at least 4 members (excludes halogenated alkanes) is 1. The maximum Gasteiger partial charge on any atom is 0.0590 e. The Morgan fingerprint density at radius 2 is 1.90 bits per heavy atom. The monoisotopic (exact) mass is 278 g/mol. The number of likely N-dealkylation sites (N-methyl/N-ethyl adjacent to an activating group) is 1. The summed E-state index contributed by atoms with van der Waals surface area (Å²) in [6.45, 7) is 12.3. The lowest BCUT2D eigenvalue weighted by Crippen LogP contribution is -2.33. The topological polar surface area (TPSA) is 24.5 Å². The number of benzene rings is 1. The third-order valence-electron chi connectivity index (χ3n) is 3.46. The van der Waals surface area contributed by atoms with Crippen LogP contribution >= 0.6 is 0 Å². The van der Waals surface area contributed by atoms with Gasteiger partial charge >= 0.3 is 0 Å². The third-order valence-corrected chi connectivity index (χ3v) is 3.46. The molecule has 114 valence electrons. The minimum absolute atomic E-state index is 0.816. The predicted molar refractivity (Wildman–Crippen MR) is 87.7 cm³/mol. The smallest absolute Gasteiger partial charge is 0.0590 e. The fraction of sp³-hybridized carbons (Fsp3) is 0.647. The number of ether oxygens (including phenoxy) is 1. The van der Waals surface area contributed by atoms with Crippen molar-refractivity contribution in [3.63, 3.8) is 0 Å². The number of hydrogen-bond donors (Lipinski definition) is 1. The lowest BCUT2D eigenvalue weighted by molar-refractivity contribution is 0.133. The van der Waals surface area contributed by atoms with Gasteiger partial charge in [0.1, 0.15) is 0 Å². The van der Waals surface area contributed by atoms with Crippen molar-refractivity contribution in [2.75, 3.05) is 44.3 Å². The second kappa shape index (κ2) is 10.7. The number of anilines is 1. The van der Waals surface area contributed by atoms with Gasteiger partial charge < -0.3 is 15.0 Å². The van der Waals surface area contributed by atoms with Crippen LogP contribution in [0.15, 0.2) is 24.3 Å².